The van der Waals surface area contributed by atoms with Crippen LogP contribution < -0.4 is 9.80 Å². The molecule has 0 aromatic heterocycles. The molecule has 3 heteroatoms. The van der Waals surface area contributed by atoms with E-state index in [1.165, 1.54) is 48.2 Å². The first-order valence-electron chi connectivity index (χ1n) is 8.56. The maximum absolute atomic E-state index is 4.70. The summed E-state index contributed by atoms with van der Waals surface area (Å²) in [5.74, 6) is 1.09. The summed E-state index contributed by atoms with van der Waals surface area (Å²) in [4.78, 5) is 9.51. The van der Waals surface area contributed by atoms with Crippen LogP contribution in [0.15, 0.2) is 53.5 Å². The Hall–Kier alpha value is -2.29. The van der Waals surface area contributed by atoms with Crippen molar-refractivity contribution in [2.75, 3.05) is 29.9 Å². The molecule has 118 valence electrons. The minimum absolute atomic E-state index is 1.04. The fourth-order valence-corrected chi connectivity index (χ4v) is 3.87. The summed E-state index contributed by atoms with van der Waals surface area (Å²) < 4.78 is 0. The molecule has 0 amide bonds. The van der Waals surface area contributed by atoms with Crippen molar-refractivity contribution < 1.29 is 0 Å². The zero-order valence-corrected chi connectivity index (χ0v) is 13.7. The first-order valence-corrected chi connectivity index (χ1v) is 8.56. The number of benzene rings is 2. The van der Waals surface area contributed by atoms with Gasteiger partial charge in [-0.3, -0.25) is 4.99 Å². The van der Waals surface area contributed by atoms with Gasteiger partial charge in [-0.25, -0.2) is 0 Å². The van der Waals surface area contributed by atoms with Crippen LogP contribution in [0.25, 0.3) is 0 Å². The molecule has 0 N–H and O–H groups in total. The summed E-state index contributed by atoms with van der Waals surface area (Å²) in [6.45, 7) is 2.09. The van der Waals surface area contributed by atoms with Crippen molar-refractivity contribution in [3.63, 3.8) is 0 Å². The molecule has 23 heavy (non-hydrogen) atoms. The van der Waals surface area contributed by atoms with Gasteiger partial charge in [0.1, 0.15) is 0 Å². The lowest BCUT2D eigenvalue weighted by Gasteiger charge is -2.39. The van der Waals surface area contributed by atoms with Gasteiger partial charge in [-0.1, -0.05) is 36.4 Å². The van der Waals surface area contributed by atoms with Crippen LogP contribution in [0, 0.1) is 0 Å². The van der Waals surface area contributed by atoms with Crippen LogP contribution in [-0.2, 0) is 12.8 Å². The van der Waals surface area contributed by atoms with E-state index >= 15 is 0 Å². The zero-order valence-electron chi connectivity index (χ0n) is 13.7. The zero-order chi connectivity index (χ0) is 15.6. The molecule has 0 radical (unpaired) electrons. The van der Waals surface area contributed by atoms with Crippen LogP contribution in [0.1, 0.15) is 24.0 Å². The third kappa shape index (κ3) is 2.50. The van der Waals surface area contributed by atoms with E-state index in [2.05, 4.69) is 58.3 Å². The normalized spacial score (nSPS) is 16.6. The number of rotatable bonds is 0. The molecule has 0 atom stereocenters. The molecule has 2 aliphatic heterocycles. The SMILES string of the molecule is CN=C(N1CCCc2ccccc21)N1CCCc2ccccc21. The highest BCUT2D eigenvalue weighted by Gasteiger charge is 2.27. The highest BCUT2D eigenvalue weighted by Crippen LogP contribution is 2.32. The number of hydrogen-bond donors (Lipinski definition) is 0. The molecule has 2 heterocycles. The quantitative estimate of drug-likeness (QED) is 0.543. The summed E-state index contributed by atoms with van der Waals surface area (Å²) in [5.41, 5.74) is 5.51. The van der Waals surface area contributed by atoms with E-state index in [1.807, 2.05) is 7.05 Å². The maximum atomic E-state index is 4.70. The number of nitrogens with zero attached hydrogens (tertiary/aromatic N) is 3. The highest BCUT2D eigenvalue weighted by molar-refractivity contribution is 6.08. The Morgan fingerprint density at radius 1 is 0.783 bits per heavy atom. The van der Waals surface area contributed by atoms with E-state index in [0.29, 0.717) is 0 Å². The third-order valence-electron chi connectivity index (χ3n) is 4.90. The van der Waals surface area contributed by atoms with Gasteiger partial charge in [-0.15, -0.1) is 0 Å². The standard InChI is InChI=1S/C20H23N3/c1-21-20(22-14-6-10-16-8-2-4-12-18(16)22)23-15-7-11-17-9-3-5-13-19(17)23/h2-5,8-9,12-13H,6-7,10-11,14-15H2,1H3. The van der Waals surface area contributed by atoms with E-state index < -0.39 is 0 Å². The average molecular weight is 305 g/mol. The summed E-state index contributed by atoms with van der Waals surface area (Å²) in [6.07, 6.45) is 4.71. The summed E-state index contributed by atoms with van der Waals surface area (Å²) >= 11 is 0. The van der Waals surface area contributed by atoms with Gasteiger partial charge in [-0.05, 0) is 48.9 Å². The van der Waals surface area contributed by atoms with Crippen molar-refractivity contribution in [1.29, 1.82) is 0 Å². The van der Waals surface area contributed by atoms with E-state index in [1.54, 1.807) is 0 Å². The Balaban J connectivity index is 1.75. The molecule has 2 aliphatic rings. The minimum atomic E-state index is 1.04. The molecular formula is C20H23N3. The number of guanidine groups is 1. The van der Waals surface area contributed by atoms with Crippen LogP contribution in [0.3, 0.4) is 0 Å². The van der Waals surface area contributed by atoms with Crippen molar-refractivity contribution in [2.45, 2.75) is 25.7 Å². The average Bonchev–Trinajstić information content (AvgIpc) is 2.63. The van der Waals surface area contributed by atoms with Crippen LogP contribution >= 0.6 is 0 Å². The monoisotopic (exact) mass is 305 g/mol. The number of hydrogen-bond acceptors (Lipinski definition) is 1. The molecule has 0 spiro atoms. The van der Waals surface area contributed by atoms with Gasteiger partial charge in [0.05, 0.1) is 0 Å². The van der Waals surface area contributed by atoms with Gasteiger partial charge in [0.15, 0.2) is 0 Å². The molecule has 0 saturated heterocycles. The van der Waals surface area contributed by atoms with Gasteiger partial charge in [0.25, 0.3) is 0 Å². The molecular weight excluding hydrogens is 282 g/mol. The van der Waals surface area contributed by atoms with Gasteiger partial charge in [0, 0.05) is 31.5 Å². The van der Waals surface area contributed by atoms with Crippen molar-refractivity contribution >= 4 is 17.3 Å². The Morgan fingerprint density at radius 3 is 1.74 bits per heavy atom. The smallest absolute Gasteiger partial charge is 0.205 e. The van der Waals surface area contributed by atoms with Gasteiger partial charge in [-0.2, -0.15) is 0 Å². The van der Waals surface area contributed by atoms with Gasteiger partial charge >= 0.3 is 0 Å². The Morgan fingerprint density at radius 2 is 1.26 bits per heavy atom. The van der Waals surface area contributed by atoms with E-state index in [4.69, 9.17) is 4.99 Å². The fourth-order valence-electron chi connectivity index (χ4n) is 3.87. The van der Waals surface area contributed by atoms with E-state index in [-0.39, 0.29) is 0 Å². The summed E-state index contributed by atoms with van der Waals surface area (Å²) in [7, 11) is 1.92. The van der Waals surface area contributed by atoms with Crippen LogP contribution in [-0.4, -0.2) is 26.1 Å². The molecule has 3 nitrogen and oxygen atoms in total. The minimum Gasteiger partial charge on any atom is -0.312 e. The lowest BCUT2D eigenvalue weighted by molar-refractivity contribution is 0.740. The fraction of sp³-hybridized carbons (Fsp3) is 0.350. The van der Waals surface area contributed by atoms with E-state index in [9.17, 15) is 0 Å². The lowest BCUT2D eigenvalue weighted by Crippen LogP contribution is -2.48. The largest absolute Gasteiger partial charge is 0.312 e. The predicted octanol–water partition coefficient (Wildman–Crippen LogP) is 3.88. The second kappa shape index (κ2) is 6.07. The number of aliphatic imine (C=N–C) groups is 1. The molecule has 0 fully saturated rings. The van der Waals surface area contributed by atoms with Crippen molar-refractivity contribution in [3.8, 4) is 0 Å². The third-order valence-corrected chi connectivity index (χ3v) is 4.90. The molecule has 4 rings (SSSR count). The van der Waals surface area contributed by atoms with Gasteiger partial charge < -0.3 is 9.80 Å². The molecule has 0 saturated carbocycles. The first kappa shape index (κ1) is 14.3. The number of aryl methyl sites for hydroxylation is 2. The Labute approximate surface area is 138 Å². The van der Waals surface area contributed by atoms with Gasteiger partial charge in [0.2, 0.25) is 5.96 Å². The van der Waals surface area contributed by atoms with Crippen molar-refractivity contribution in [1.82, 2.24) is 0 Å². The predicted molar refractivity (Wildman–Crippen MR) is 97.6 cm³/mol. The second-order valence-corrected chi connectivity index (χ2v) is 6.29. The van der Waals surface area contributed by atoms with E-state index in [0.717, 1.165) is 19.0 Å². The van der Waals surface area contributed by atoms with Crippen LogP contribution in [0.2, 0.25) is 0 Å². The number of para-hydroxylation sites is 2. The summed E-state index contributed by atoms with van der Waals surface area (Å²) in [6, 6.07) is 17.5. The lowest BCUT2D eigenvalue weighted by atomic mass is 10.0. The van der Waals surface area contributed by atoms with Crippen molar-refractivity contribution in [2.24, 2.45) is 4.99 Å². The topological polar surface area (TPSA) is 18.8 Å². The number of fused-ring (bicyclic) bond motifs is 2. The Kier molecular flexibility index (Phi) is 3.78. The highest BCUT2D eigenvalue weighted by atomic mass is 15.4. The van der Waals surface area contributed by atoms with Crippen molar-refractivity contribution in [3.05, 3.63) is 59.7 Å². The first-order chi connectivity index (χ1) is 11.4. The Bertz CT molecular complexity index is 676. The molecule has 0 bridgehead atoms. The van der Waals surface area contributed by atoms with Crippen LogP contribution in [0.4, 0.5) is 11.4 Å². The maximum Gasteiger partial charge on any atom is 0.205 e. The van der Waals surface area contributed by atoms with Crippen LogP contribution in [0.5, 0.6) is 0 Å². The second-order valence-electron chi connectivity index (χ2n) is 6.29. The number of anilines is 2. The summed E-state index contributed by atoms with van der Waals surface area (Å²) in [5, 5.41) is 0. The molecule has 0 unspecified atom stereocenters. The molecule has 2 aromatic rings. The molecule has 0 aliphatic carbocycles. The molecule has 2 aromatic carbocycles.